The number of halogens is 1. The number of amides is 1. The summed E-state index contributed by atoms with van der Waals surface area (Å²) in [6.07, 6.45) is 1.96. The molecule has 146 valence electrons. The molecule has 1 fully saturated rings. The summed E-state index contributed by atoms with van der Waals surface area (Å²) in [4.78, 5) is 15.5. The number of likely N-dealkylation sites (tertiary alicyclic amines) is 1. The molecule has 1 saturated heterocycles. The van der Waals surface area contributed by atoms with Crippen LogP contribution in [0.2, 0.25) is 0 Å². The van der Waals surface area contributed by atoms with Crippen LogP contribution >= 0.6 is 27.7 Å². The number of hydrogen-bond donors (Lipinski definition) is 1. The zero-order chi connectivity index (χ0) is 19.3. The molecule has 0 radical (unpaired) electrons. The Hall–Kier alpha value is -0.570. The Bertz CT molecular complexity index is 745. The zero-order valence-electron chi connectivity index (χ0n) is 15.5. The average molecular weight is 463 g/mol. The van der Waals surface area contributed by atoms with E-state index in [-0.39, 0.29) is 17.7 Å². The van der Waals surface area contributed by atoms with Gasteiger partial charge in [0.15, 0.2) is 0 Å². The number of hydrogen-bond acceptors (Lipinski definition) is 4. The van der Waals surface area contributed by atoms with Gasteiger partial charge in [0.1, 0.15) is 0 Å². The molecule has 1 amide bonds. The van der Waals surface area contributed by atoms with E-state index in [4.69, 9.17) is 0 Å². The van der Waals surface area contributed by atoms with E-state index in [9.17, 15) is 13.2 Å². The normalized spacial score (nSPS) is 16.1. The number of carbonyl (C=O) groups excluding carboxylic acids is 1. The van der Waals surface area contributed by atoms with E-state index in [2.05, 4.69) is 32.8 Å². The maximum atomic E-state index is 12.5. The van der Waals surface area contributed by atoms with Crippen LogP contribution in [0.3, 0.4) is 0 Å². The molecule has 1 aromatic carbocycles. The largest absolute Gasteiger partial charge is 0.342 e. The van der Waals surface area contributed by atoms with Crippen molar-refractivity contribution in [3.05, 3.63) is 27.7 Å². The number of carbonyl (C=O) groups is 1. The minimum absolute atomic E-state index is 0.0559. The van der Waals surface area contributed by atoms with Gasteiger partial charge in [-0.3, -0.25) is 4.79 Å². The summed E-state index contributed by atoms with van der Waals surface area (Å²) in [5, 5.41) is 0. The molecular formula is C18H27BrN2O3S2. The lowest BCUT2D eigenvalue weighted by atomic mass is 10.1. The Morgan fingerprint density at radius 3 is 2.54 bits per heavy atom. The molecule has 0 aromatic heterocycles. The molecule has 1 heterocycles. The van der Waals surface area contributed by atoms with Crippen LogP contribution in [0.25, 0.3) is 0 Å². The van der Waals surface area contributed by atoms with Crippen molar-refractivity contribution >= 4 is 43.6 Å². The lowest BCUT2D eigenvalue weighted by molar-refractivity contribution is -0.129. The molecule has 5 nitrogen and oxygen atoms in total. The molecule has 2 rings (SSSR count). The summed E-state index contributed by atoms with van der Waals surface area (Å²) in [6, 6.07) is 4.13. The Morgan fingerprint density at radius 2 is 1.92 bits per heavy atom. The Kier molecular flexibility index (Phi) is 8.00. The molecule has 1 N–H and O–H groups in total. The van der Waals surface area contributed by atoms with Crippen molar-refractivity contribution in [1.29, 1.82) is 0 Å². The second kappa shape index (κ2) is 9.57. The standard InChI is InChI=1S/C18H27BrN2O3S2/c1-4-9-26(23,24)20-15-5-7-21(8-6-15)18(22)12-25-17-11-13(2)16(19)10-14(17)3/h10-11,15,20H,4-9,12H2,1-3H3. The number of rotatable bonds is 7. The summed E-state index contributed by atoms with van der Waals surface area (Å²) in [5.41, 5.74) is 2.31. The lowest BCUT2D eigenvalue weighted by Crippen LogP contribution is -2.47. The molecule has 1 aliphatic rings. The van der Waals surface area contributed by atoms with Crippen LogP contribution in [0.1, 0.15) is 37.3 Å². The predicted octanol–water partition coefficient (Wildman–Crippen LogP) is 3.48. The zero-order valence-corrected chi connectivity index (χ0v) is 18.8. The number of nitrogens with one attached hydrogen (secondary N) is 1. The molecule has 0 bridgehead atoms. The first-order valence-corrected chi connectivity index (χ1v) is 12.3. The molecule has 0 aliphatic carbocycles. The summed E-state index contributed by atoms with van der Waals surface area (Å²) in [7, 11) is -3.19. The lowest BCUT2D eigenvalue weighted by Gasteiger charge is -2.32. The van der Waals surface area contributed by atoms with Crippen LogP contribution < -0.4 is 4.72 Å². The first-order chi connectivity index (χ1) is 12.2. The van der Waals surface area contributed by atoms with Gasteiger partial charge in [0.05, 0.1) is 11.5 Å². The van der Waals surface area contributed by atoms with Crippen LogP contribution in [-0.2, 0) is 14.8 Å². The topological polar surface area (TPSA) is 66.5 Å². The van der Waals surface area contributed by atoms with E-state index >= 15 is 0 Å². The average Bonchev–Trinajstić information content (AvgIpc) is 2.57. The van der Waals surface area contributed by atoms with Gasteiger partial charge in [-0.2, -0.15) is 0 Å². The monoisotopic (exact) mass is 462 g/mol. The van der Waals surface area contributed by atoms with Gasteiger partial charge in [-0.15, -0.1) is 11.8 Å². The quantitative estimate of drug-likeness (QED) is 0.629. The fourth-order valence-corrected chi connectivity index (χ4v) is 5.83. The van der Waals surface area contributed by atoms with Crippen LogP contribution in [0, 0.1) is 13.8 Å². The van der Waals surface area contributed by atoms with Gasteiger partial charge < -0.3 is 4.90 Å². The van der Waals surface area contributed by atoms with E-state index in [1.54, 1.807) is 11.8 Å². The molecule has 8 heteroatoms. The molecule has 1 aromatic rings. The minimum Gasteiger partial charge on any atom is -0.342 e. The fourth-order valence-electron chi connectivity index (χ4n) is 2.97. The summed E-state index contributed by atoms with van der Waals surface area (Å²) >= 11 is 5.09. The van der Waals surface area contributed by atoms with E-state index in [0.29, 0.717) is 38.1 Å². The first-order valence-electron chi connectivity index (χ1n) is 8.89. The van der Waals surface area contributed by atoms with Crippen LogP contribution in [-0.4, -0.2) is 49.9 Å². The van der Waals surface area contributed by atoms with E-state index < -0.39 is 10.0 Å². The van der Waals surface area contributed by atoms with Gasteiger partial charge in [0.25, 0.3) is 0 Å². The van der Waals surface area contributed by atoms with Gasteiger partial charge in [0.2, 0.25) is 15.9 Å². The number of sulfonamides is 1. The molecule has 26 heavy (non-hydrogen) atoms. The highest BCUT2D eigenvalue weighted by Crippen LogP contribution is 2.28. The van der Waals surface area contributed by atoms with Crippen LogP contribution in [0.15, 0.2) is 21.5 Å². The third-order valence-electron chi connectivity index (χ3n) is 4.47. The third-order valence-corrected chi connectivity index (χ3v) is 8.11. The van der Waals surface area contributed by atoms with Gasteiger partial charge >= 0.3 is 0 Å². The highest BCUT2D eigenvalue weighted by Gasteiger charge is 2.25. The maximum absolute atomic E-state index is 12.5. The van der Waals surface area contributed by atoms with Gasteiger partial charge in [-0.1, -0.05) is 22.9 Å². The second-order valence-corrected chi connectivity index (χ2v) is 10.5. The maximum Gasteiger partial charge on any atom is 0.232 e. The summed E-state index contributed by atoms with van der Waals surface area (Å²) < 4.78 is 27.6. The highest BCUT2D eigenvalue weighted by molar-refractivity contribution is 9.10. The van der Waals surface area contributed by atoms with Crippen molar-refractivity contribution in [3.8, 4) is 0 Å². The van der Waals surface area contributed by atoms with Crippen molar-refractivity contribution in [2.45, 2.75) is 51.0 Å². The summed E-state index contributed by atoms with van der Waals surface area (Å²) in [5.74, 6) is 0.688. The van der Waals surface area contributed by atoms with Gasteiger partial charge in [-0.25, -0.2) is 13.1 Å². The van der Waals surface area contributed by atoms with E-state index in [1.807, 2.05) is 25.7 Å². The Labute approximate surface area is 169 Å². The molecular weight excluding hydrogens is 436 g/mol. The summed E-state index contributed by atoms with van der Waals surface area (Å²) in [6.45, 7) is 7.16. The fraction of sp³-hybridized carbons (Fsp3) is 0.611. The molecule has 0 spiro atoms. The van der Waals surface area contributed by atoms with Crippen molar-refractivity contribution < 1.29 is 13.2 Å². The SMILES string of the molecule is CCCS(=O)(=O)NC1CCN(C(=O)CSc2cc(C)c(Br)cc2C)CC1. The number of thioether (sulfide) groups is 1. The molecule has 0 saturated carbocycles. The van der Waals surface area contributed by atoms with Crippen molar-refractivity contribution in [2.75, 3.05) is 24.6 Å². The van der Waals surface area contributed by atoms with Crippen molar-refractivity contribution in [1.82, 2.24) is 9.62 Å². The first kappa shape index (κ1) is 21.7. The van der Waals surface area contributed by atoms with Gasteiger partial charge in [-0.05, 0) is 56.4 Å². The van der Waals surface area contributed by atoms with E-state index in [0.717, 1.165) is 20.5 Å². The Balaban J connectivity index is 1.83. The third kappa shape index (κ3) is 6.25. The van der Waals surface area contributed by atoms with Crippen molar-refractivity contribution in [3.63, 3.8) is 0 Å². The second-order valence-electron chi connectivity index (χ2n) is 6.75. The number of aryl methyl sites for hydroxylation is 2. The number of nitrogens with zero attached hydrogens (tertiary/aromatic N) is 1. The van der Waals surface area contributed by atoms with Crippen LogP contribution in [0.4, 0.5) is 0 Å². The molecule has 0 unspecified atom stereocenters. The number of benzene rings is 1. The van der Waals surface area contributed by atoms with Crippen molar-refractivity contribution in [2.24, 2.45) is 0 Å². The van der Waals surface area contributed by atoms with Crippen LogP contribution in [0.5, 0.6) is 0 Å². The number of piperidine rings is 1. The smallest absolute Gasteiger partial charge is 0.232 e. The Morgan fingerprint density at radius 1 is 1.27 bits per heavy atom. The van der Waals surface area contributed by atoms with Gasteiger partial charge in [0, 0.05) is 28.5 Å². The highest BCUT2D eigenvalue weighted by atomic mass is 79.9. The molecule has 0 atom stereocenters. The molecule has 1 aliphatic heterocycles. The predicted molar refractivity (Wildman–Crippen MR) is 111 cm³/mol. The van der Waals surface area contributed by atoms with E-state index in [1.165, 1.54) is 0 Å². The minimum atomic E-state index is -3.19.